The first kappa shape index (κ1) is 18.8. The number of hydrogen-bond acceptors (Lipinski definition) is 5. The van der Waals surface area contributed by atoms with Crippen LogP contribution in [0.1, 0.15) is 18.2 Å². The van der Waals surface area contributed by atoms with E-state index in [1.165, 1.54) is 4.90 Å². The second kappa shape index (κ2) is 7.58. The maximum atomic E-state index is 13.1. The first-order valence-electron chi connectivity index (χ1n) is 7.77. The van der Waals surface area contributed by atoms with E-state index in [0.717, 1.165) is 17.4 Å². The van der Waals surface area contributed by atoms with Crippen LogP contribution in [0.15, 0.2) is 30.3 Å². The number of rotatable bonds is 6. The third-order valence-corrected chi connectivity index (χ3v) is 3.44. The lowest BCUT2D eigenvalue weighted by atomic mass is 10.2. The van der Waals surface area contributed by atoms with Gasteiger partial charge in [0, 0.05) is 33.8 Å². The molecule has 2 rings (SSSR count). The summed E-state index contributed by atoms with van der Waals surface area (Å²) in [7, 11) is 4.93. The average molecular weight is 354 g/mol. The van der Waals surface area contributed by atoms with Crippen LogP contribution < -0.4 is 14.5 Å². The Hall–Kier alpha value is -2.51. The van der Waals surface area contributed by atoms with Gasteiger partial charge in [-0.3, -0.25) is 0 Å². The van der Waals surface area contributed by atoms with Crippen molar-refractivity contribution in [1.29, 1.82) is 0 Å². The molecule has 1 aromatic carbocycles. The second-order valence-corrected chi connectivity index (χ2v) is 5.74. The highest BCUT2D eigenvalue weighted by atomic mass is 19.4. The van der Waals surface area contributed by atoms with Gasteiger partial charge in [0.25, 0.3) is 0 Å². The summed E-state index contributed by atoms with van der Waals surface area (Å²) in [6.45, 7) is 2.85. The van der Waals surface area contributed by atoms with Gasteiger partial charge in [0.1, 0.15) is 11.6 Å². The molecule has 0 N–H and O–H groups in total. The predicted octanol–water partition coefficient (Wildman–Crippen LogP) is 3.60. The summed E-state index contributed by atoms with van der Waals surface area (Å²) in [6.07, 6.45) is -4.53. The van der Waals surface area contributed by atoms with Crippen molar-refractivity contribution in [1.82, 2.24) is 9.97 Å². The molecule has 0 aliphatic rings. The maximum absolute atomic E-state index is 13.1. The van der Waals surface area contributed by atoms with Crippen molar-refractivity contribution in [3.63, 3.8) is 0 Å². The number of alkyl halides is 3. The molecule has 0 aliphatic heterocycles. The van der Waals surface area contributed by atoms with Gasteiger partial charge in [-0.25, -0.2) is 4.98 Å². The van der Waals surface area contributed by atoms with Crippen molar-refractivity contribution in [2.45, 2.75) is 19.6 Å². The molecule has 0 saturated heterocycles. The Morgan fingerprint density at radius 3 is 2.20 bits per heavy atom. The Morgan fingerprint density at radius 1 is 1.04 bits per heavy atom. The number of anilines is 2. The SMILES string of the molecule is CCOc1ccc(CN(C)c2nc(N(C)C)cc(C(F)(F)F)n2)cc1. The molecular weight excluding hydrogens is 333 g/mol. The Morgan fingerprint density at radius 2 is 1.68 bits per heavy atom. The molecule has 25 heavy (non-hydrogen) atoms. The average Bonchev–Trinajstić information content (AvgIpc) is 2.55. The summed E-state index contributed by atoms with van der Waals surface area (Å²) in [5.41, 5.74) is -0.0434. The Balaban J connectivity index is 2.25. The van der Waals surface area contributed by atoms with E-state index in [-0.39, 0.29) is 11.8 Å². The topological polar surface area (TPSA) is 41.5 Å². The van der Waals surface area contributed by atoms with Crippen LogP contribution in [0.25, 0.3) is 0 Å². The van der Waals surface area contributed by atoms with Crippen molar-refractivity contribution in [3.05, 3.63) is 41.6 Å². The van der Waals surface area contributed by atoms with Gasteiger partial charge < -0.3 is 14.5 Å². The fourth-order valence-electron chi connectivity index (χ4n) is 2.17. The summed E-state index contributed by atoms with van der Waals surface area (Å²) in [5.74, 6) is 0.974. The van der Waals surface area contributed by atoms with Crippen LogP contribution in [0.5, 0.6) is 5.75 Å². The predicted molar refractivity (Wildman–Crippen MR) is 91.1 cm³/mol. The zero-order chi connectivity index (χ0) is 18.6. The molecule has 0 saturated carbocycles. The van der Waals surface area contributed by atoms with Gasteiger partial charge in [-0.15, -0.1) is 0 Å². The van der Waals surface area contributed by atoms with E-state index >= 15 is 0 Å². The molecule has 0 atom stereocenters. The van der Waals surface area contributed by atoms with E-state index in [2.05, 4.69) is 9.97 Å². The Bertz CT molecular complexity index is 702. The Labute approximate surface area is 145 Å². The molecule has 5 nitrogen and oxygen atoms in total. The summed E-state index contributed by atoms with van der Waals surface area (Å²) in [5, 5.41) is 0. The molecule has 136 valence electrons. The maximum Gasteiger partial charge on any atom is 0.433 e. The number of nitrogens with zero attached hydrogens (tertiary/aromatic N) is 4. The van der Waals surface area contributed by atoms with Gasteiger partial charge in [0.15, 0.2) is 5.69 Å². The third kappa shape index (κ3) is 4.98. The molecule has 0 spiro atoms. The quantitative estimate of drug-likeness (QED) is 0.793. The molecule has 0 unspecified atom stereocenters. The van der Waals surface area contributed by atoms with Crippen molar-refractivity contribution in [2.75, 3.05) is 37.5 Å². The molecule has 1 aromatic heterocycles. The van der Waals surface area contributed by atoms with Gasteiger partial charge in [0.2, 0.25) is 5.95 Å². The number of hydrogen-bond donors (Lipinski definition) is 0. The second-order valence-electron chi connectivity index (χ2n) is 5.74. The van der Waals surface area contributed by atoms with Crippen LogP contribution in [0, 0.1) is 0 Å². The van der Waals surface area contributed by atoms with Crippen LogP contribution >= 0.6 is 0 Å². The smallest absolute Gasteiger partial charge is 0.433 e. The molecule has 1 heterocycles. The number of ether oxygens (including phenoxy) is 1. The van der Waals surface area contributed by atoms with Gasteiger partial charge in [-0.1, -0.05) is 12.1 Å². The number of benzene rings is 1. The molecule has 8 heteroatoms. The first-order chi connectivity index (χ1) is 11.7. The molecule has 0 amide bonds. The van der Waals surface area contributed by atoms with E-state index in [1.54, 1.807) is 26.0 Å². The zero-order valence-electron chi connectivity index (χ0n) is 14.6. The number of aromatic nitrogens is 2. The lowest BCUT2D eigenvalue weighted by Gasteiger charge is -2.21. The molecule has 0 bridgehead atoms. The van der Waals surface area contributed by atoms with Crippen molar-refractivity contribution >= 4 is 11.8 Å². The normalized spacial score (nSPS) is 11.3. The van der Waals surface area contributed by atoms with E-state index in [0.29, 0.717) is 13.2 Å². The van der Waals surface area contributed by atoms with Gasteiger partial charge >= 0.3 is 6.18 Å². The largest absolute Gasteiger partial charge is 0.494 e. The third-order valence-electron chi connectivity index (χ3n) is 3.44. The highest BCUT2D eigenvalue weighted by Crippen LogP contribution is 2.31. The van der Waals surface area contributed by atoms with Gasteiger partial charge in [-0.2, -0.15) is 18.2 Å². The molecule has 2 aromatic rings. The van der Waals surface area contributed by atoms with E-state index in [4.69, 9.17) is 4.74 Å². The van der Waals surface area contributed by atoms with Crippen LogP contribution in [-0.2, 0) is 12.7 Å². The van der Waals surface area contributed by atoms with Crippen LogP contribution in [0.3, 0.4) is 0 Å². The van der Waals surface area contributed by atoms with Gasteiger partial charge in [-0.05, 0) is 24.6 Å². The monoisotopic (exact) mass is 354 g/mol. The molecular formula is C17H21F3N4O. The van der Waals surface area contributed by atoms with E-state index < -0.39 is 11.9 Å². The molecule has 0 aliphatic carbocycles. The van der Waals surface area contributed by atoms with Crippen molar-refractivity contribution in [3.8, 4) is 5.75 Å². The molecule has 0 fully saturated rings. The summed E-state index contributed by atoms with van der Waals surface area (Å²) in [4.78, 5) is 11.0. The minimum absolute atomic E-state index is 0.0207. The molecule has 0 radical (unpaired) electrons. The Kier molecular flexibility index (Phi) is 5.71. The lowest BCUT2D eigenvalue weighted by Crippen LogP contribution is -2.23. The highest BCUT2D eigenvalue weighted by molar-refractivity contribution is 5.45. The summed E-state index contributed by atoms with van der Waals surface area (Å²) < 4.78 is 44.6. The number of halogens is 3. The fourth-order valence-corrected chi connectivity index (χ4v) is 2.17. The van der Waals surface area contributed by atoms with Crippen LogP contribution in [-0.4, -0.2) is 37.7 Å². The van der Waals surface area contributed by atoms with Crippen LogP contribution in [0.2, 0.25) is 0 Å². The zero-order valence-corrected chi connectivity index (χ0v) is 14.6. The van der Waals surface area contributed by atoms with Gasteiger partial charge in [0.05, 0.1) is 6.61 Å². The minimum atomic E-state index is -4.53. The van der Waals surface area contributed by atoms with E-state index in [9.17, 15) is 13.2 Å². The lowest BCUT2D eigenvalue weighted by molar-refractivity contribution is -0.141. The fraction of sp³-hybridized carbons (Fsp3) is 0.412. The first-order valence-corrected chi connectivity index (χ1v) is 7.77. The minimum Gasteiger partial charge on any atom is -0.494 e. The van der Waals surface area contributed by atoms with E-state index in [1.807, 2.05) is 31.2 Å². The summed E-state index contributed by atoms with van der Waals surface area (Å²) >= 11 is 0. The standard InChI is InChI=1S/C17H21F3N4O/c1-5-25-13-8-6-12(7-9-13)11-24(4)16-21-14(17(18,19)20)10-15(22-16)23(2)3/h6-10H,5,11H2,1-4H3. The van der Waals surface area contributed by atoms with Crippen molar-refractivity contribution in [2.24, 2.45) is 0 Å². The van der Waals surface area contributed by atoms with Crippen LogP contribution in [0.4, 0.5) is 24.9 Å². The summed E-state index contributed by atoms with van der Waals surface area (Å²) in [6, 6.07) is 8.31. The van der Waals surface area contributed by atoms with Crippen molar-refractivity contribution < 1.29 is 17.9 Å². The highest BCUT2D eigenvalue weighted by Gasteiger charge is 2.34.